The minimum absolute atomic E-state index is 0.108. The van der Waals surface area contributed by atoms with Gasteiger partial charge in [0.1, 0.15) is 17.9 Å². The molecule has 0 radical (unpaired) electrons. The SMILES string of the molecule is CCOC(=O)CCc1c(C)c2ccc(OCC(=O)OCc3ccccc3)cc2oc1=O. The molecule has 1 aromatic heterocycles. The Morgan fingerprint density at radius 3 is 2.52 bits per heavy atom. The van der Waals surface area contributed by atoms with Gasteiger partial charge >= 0.3 is 17.6 Å². The minimum Gasteiger partial charge on any atom is -0.482 e. The molecule has 0 bridgehead atoms. The third-order valence-corrected chi connectivity index (χ3v) is 4.74. The number of ether oxygens (including phenoxy) is 3. The summed E-state index contributed by atoms with van der Waals surface area (Å²) in [5.74, 6) is -0.480. The quantitative estimate of drug-likeness (QED) is 0.382. The first-order chi connectivity index (χ1) is 15.0. The Hall–Kier alpha value is -3.61. The van der Waals surface area contributed by atoms with Crippen LogP contribution in [0.15, 0.2) is 57.7 Å². The van der Waals surface area contributed by atoms with Crippen molar-refractivity contribution in [3.63, 3.8) is 0 Å². The molecule has 0 saturated carbocycles. The van der Waals surface area contributed by atoms with Crippen LogP contribution in [0.1, 0.15) is 30.0 Å². The number of carbonyl (C=O) groups excluding carboxylic acids is 2. The van der Waals surface area contributed by atoms with Crippen LogP contribution in [0.2, 0.25) is 0 Å². The second-order valence-corrected chi connectivity index (χ2v) is 6.89. The van der Waals surface area contributed by atoms with Crippen molar-refractivity contribution < 1.29 is 28.2 Å². The summed E-state index contributed by atoms with van der Waals surface area (Å²) in [6.07, 6.45) is 0.353. The third-order valence-electron chi connectivity index (χ3n) is 4.74. The molecule has 7 heteroatoms. The molecule has 0 saturated heterocycles. The maximum Gasteiger partial charge on any atom is 0.344 e. The lowest BCUT2D eigenvalue weighted by Crippen LogP contribution is -2.15. The molecule has 0 aliphatic carbocycles. The van der Waals surface area contributed by atoms with E-state index in [1.807, 2.05) is 30.3 Å². The van der Waals surface area contributed by atoms with E-state index in [9.17, 15) is 14.4 Å². The van der Waals surface area contributed by atoms with Gasteiger partial charge in [-0.1, -0.05) is 30.3 Å². The highest BCUT2D eigenvalue weighted by Gasteiger charge is 2.14. The van der Waals surface area contributed by atoms with Crippen molar-refractivity contribution in [2.24, 2.45) is 0 Å². The molecule has 2 aromatic carbocycles. The van der Waals surface area contributed by atoms with Gasteiger partial charge in [-0.2, -0.15) is 0 Å². The second kappa shape index (κ2) is 10.4. The van der Waals surface area contributed by atoms with Crippen LogP contribution < -0.4 is 10.4 Å². The monoisotopic (exact) mass is 424 g/mol. The molecule has 1 heterocycles. The molecule has 0 spiro atoms. The van der Waals surface area contributed by atoms with Gasteiger partial charge in [0.2, 0.25) is 0 Å². The van der Waals surface area contributed by atoms with Gasteiger partial charge in [0, 0.05) is 23.4 Å². The zero-order chi connectivity index (χ0) is 22.2. The number of esters is 2. The molecule has 0 aliphatic rings. The molecule has 0 aliphatic heterocycles. The van der Waals surface area contributed by atoms with Gasteiger partial charge in [0.25, 0.3) is 0 Å². The van der Waals surface area contributed by atoms with Crippen molar-refractivity contribution in [3.8, 4) is 5.75 Å². The summed E-state index contributed by atoms with van der Waals surface area (Å²) in [7, 11) is 0. The fourth-order valence-corrected chi connectivity index (χ4v) is 3.14. The van der Waals surface area contributed by atoms with Crippen LogP contribution in [0.4, 0.5) is 0 Å². The molecule has 31 heavy (non-hydrogen) atoms. The summed E-state index contributed by atoms with van der Waals surface area (Å²) >= 11 is 0. The second-order valence-electron chi connectivity index (χ2n) is 6.89. The van der Waals surface area contributed by atoms with Crippen molar-refractivity contribution >= 4 is 22.9 Å². The highest BCUT2D eigenvalue weighted by Crippen LogP contribution is 2.24. The van der Waals surface area contributed by atoms with Gasteiger partial charge in [0.05, 0.1) is 6.61 Å². The molecule has 162 valence electrons. The average Bonchev–Trinajstić information content (AvgIpc) is 2.76. The van der Waals surface area contributed by atoms with Crippen molar-refractivity contribution in [1.29, 1.82) is 0 Å². The van der Waals surface area contributed by atoms with Crippen LogP contribution in [0.25, 0.3) is 11.0 Å². The standard InChI is InChI=1S/C24H24O7/c1-3-28-22(25)12-11-20-16(2)19-10-9-18(13-21(19)31-24(20)27)29-15-23(26)30-14-17-7-5-4-6-8-17/h4-10,13H,3,11-12,14-15H2,1-2H3. The van der Waals surface area contributed by atoms with E-state index in [0.29, 0.717) is 23.5 Å². The Kier molecular flexibility index (Phi) is 7.43. The van der Waals surface area contributed by atoms with E-state index >= 15 is 0 Å². The average molecular weight is 424 g/mol. The molecule has 3 aromatic rings. The first-order valence-electron chi connectivity index (χ1n) is 10.0. The Labute approximate surface area is 179 Å². The van der Waals surface area contributed by atoms with E-state index < -0.39 is 11.6 Å². The summed E-state index contributed by atoms with van der Waals surface area (Å²) in [6.45, 7) is 3.74. The van der Waals surface area contributed by atoms with E-state index in [0.717, 1.165) is 16.5 Å². The molecular formula is C24H24O7. The van der Waals surface area contributed by atoms with Gasteiger partial charge < -0.3 is 18.6 Å². The Morgan fingerprint density at radius 2 is 1.77 bits per heavy atom. The normalized spacial score (nSPS) is 10.6. The number of benzene rings is 2. The lowest BCUT2D eigenvalue weighted by Gasteiger charge is -2.10. The van der Waals surface area contributed by atoms with Gasteiger partial charge in [-0.3, -0.25) is 4.79 Å². The summed E-state index contributed by atoms with van der Waals surface area (Å²) in [5.41, 5.74) is 1.91. The first kappa shape index (κ1) is 22.1. The Morgan fingerprint density at radius 1 is 1.00 bits per heavy atom. The number of aryl methyl sites for hydroxylation is 1. The number of hydrogen-bond acceptors (Lipinski definition) is 7. The van der Waals surface area contributed by atoms with Gasteiger partial charge in [0.15, 0.2) is 6.61 Å². The van der Waals surface area contributed by atoms with E-state index in [2.05, 4.69) is 0 Å². The molecule has 7 nitrogen and oxygen atoms in total. The van der Waals surface area contributed by atoms with E-state index in [4.69, 9.17) is 18.6 Å². The highest BCUT2D eigenvalue weighted by atomic mass is 16.6. The van der Waals surface area contributed by atoms with E-state index in [1.54, 1.807) is 32.0 Å². The van der Waals surface area contributed by atoms with Gasteiger partial charge in [-0.05, 0) is 43.5 Å². The summed E-state index contributed by atoms with van der Waals surface area (Å²) in [6, 6.07) is 14.4. The van der Waals surface area contributed by atoms with E-state index in [-0.39, 0.29) is 32.0 Å². The van der Waals surface area contributed by atoms with Gasteiger partial charge in [-0.15, -0.1) is 0 Å². The molecular weight excluding hydrogens is 400 g/mol. The van der Waals surface area contributed by atoms with Crippen molar-refractivity contribution in [3.05, 3.63) is 75.6 Å². The molecule has 0 atom stereocenters. The van der Waals surface area contributed by atoms with Crippen molar-refractivity contribution in [1.82, 2.24) is 0 Å². The molecule has 0 fully saturated rings. The lowest BCUT2D eigenvalue weighted by atomic mass is 10.0. The summed E-state index contributed by atoms with van der Waals surface area (Å²) in [5, 5.41) is 0.734. The maximum atomic E-state index is 12.4. The number of rotatable bonds is 9. The minimum atomic E-state index is -0.506. The predicted molar refractivity (Wildman–Crippen MR) is 114 cm³/mol. The van der Waals surface area contributed by atoms with Crippen LogP contribution in [0.5, 0.6) is 5.75 Å². The van der Waals surface area contributed by atoms with Crippen LogP contribution in [-0.2, 0) is 32.1 Å². The number of carbonyl (C=O) groups is 2. The summed E-state index contributed by atoms with van der Waals surface area (Å²) < 4.78 is 21.0. The predicted octanol–water partition coefficient (Wildman–Crippen LogP) is 3.72. The smallest absolute Gasteiger partial charge is 0.344 e. The van der Waals surface area contributed by atoms with Crippen LogP contribution in [0.3, 0.4) is 0 Å². The largest absolute Gasteiger partial charge is 0.482 e. The zero-order valence-corrected chi connectivity index (χ0v) is 17.5. The maximum absolute atomic E-state index is 12.4. The Balaban J connectivity index is 1.64. The summed E-state index contributed by atoms with van der Waals surface area (Å²) in [4.78, 5) is 35.9. The highest BCUT2D eigenvalue weighted by molar-refractivity contribution is 5.82. The molecule has 0 amide bonds. The van der Waals surface area contributed by atoms with Crippen LogP contribution in [0, 0.1) is 6.92 Å². The third kappa shape index (κ3) is 5.94. The number of fused-ring (bicyclic) bond motifs is 1. The lowest BCUT2D eigenvalue weighted by molar-refractivity contribution is -0.147. The van der Waals surface area contributed by atoms with Crippen molar-refractivity contribution in [2.75, 3.05) is 13.2 Å². The van der Waals surface area contributed by atoms with Crippen LogP contribution in [-0.4, -0.2) is 25.2 Å². The van der Waals surface area contributed by atoms with Gasteiger partial charge in [-0.25, -0.2) is 9.59 Å². The molecule has 3 rings (SSSR count). The first-order valence-corrected chi connectivity index (χ1v) is 10.0. The fourth-order valence-electron chi connectivity index (χ4n) is 3.14. The van der Waals surface area contributed by atoms with E-state index in [1.165, 1.54) is 0 Å². The van der Waals surface area contributed by atoms with Crippen LogP contribution >= 0.6 is 0 Å². The van der Waals surface area contributed by atoms with Crippen molar-refractivity contribution in [2.45, 2.75) is 33.3 Å². The Bertz CT molecular complexity index is 1120. The zero-order valence-electron chi connectivity index (χ0n) is 17.5. The fraction of sp³-hybridized carbons (Fsp3) is 0.292. The topological polar surface area (TPSA) is 92.0 Å². The number of hydrogen-bond donors (Lipinski definition) is 0. The molecule has 0 unspecified atom stereocenters. The molecule has 0 N–H and O–H groups in total.